The van der Waals surface area contributed by atoms with Gasteiger partial charge in [0, 0.05) is 10.8 Å². The molecule has 1 aromatic heterocycles. The lowest BCUT2D eigenvalue weighted by Gasteiger charge is -2.05. The first kappa shape index (κ1) is 17.0. The average Bonchev–Trinajstić information content (AvgIpc) is 2.68. The largest absolute Gasteiger partial charge is 0.398 e. The third kappa shape index (κ3) is 4.16. The minimum absolute atomic E-state index is 0.816. The number of fused-ring (bicyclic) bond motifs is 2. The zero-order valence-corrected chi connectivity index (χ0v) is 14.7. The number of nitrogens with zero attached hydrogens (tertiary/aromatic N) is 1. The summed E-state index contributed by atoms with van der Waals surface area (Å²) in [5.41, 5.74) is 10.3. The normalized spacial score (nSPS) is 10.4. The Labute approximate surface area is 149 Å². The Morgan fingerprint density at radius 2 is 1.24 bits per heavy atom. The van der Waals surface area contributed by atoms with Crippen molar-refractivity contribution in [1.82, 2.24) is 4.98 Å². The van der Waals surface area contributed by atoms with Gasteiger partial charge in [-0.15, -0.1) is 0 Å². The molecule has 3 aromatic carbocycles. The van der Waals surface area contributed by atoms with Crippen LogP contribution < -0.4 is 5.73 Å². The summed E-state index contributed by atoms with van der Waals surface area (Å²) in [6.45, 7) is 2.23. The van der Waals surface area contributed by atoms with Crippen molar-refractivity contribution in [2.45, 2.75) is 26.2 Å². The molecular formula is C23H24N2. The van der Waals surface area contributed by atoms with Gasteiger partial charge >= 0.3 is 0 Å². The summed E-state index contributed by atoms with van der Waals surface area (Å²) < 4.78 is 0. The highest BCUT2D eigenvalue weighted by Gasteiger charge is 2.03. The molecule has 0 aliphatic rings. The molecule has 4 aromatic rings. The highest BCUT2D eigenvalue weighted by molar-refractivity contribution is 6.06. The third-order valence-corrected chi connectivity index (χ3v) is 4.29. The maximum Gasteiger partial charge on any atom is 0.0730 e. The fourth-order valence-corrected chi connectivity index (χ4v) is 2.90. The molecule has 0 saturated heterocycles. The number of benzene rings is 3. The standard InChI is InChI=1S/C13H10N2.C10H14/c14-13-9-5-1-3-7-11(9)15-12-8-4-2-6-10(12)13;1-2-3-7-10-8-5-4-6-9-10/h1-8H,(H2,14,15);4-6,8-9H,2-3,7H2,1H3. The van der Waals surface area contributed by atoms with E-state index in [0.717, 1.165) is 27.5 Å². The van der Waals surface area contributed by atoms with E-state index in [4.69, 9.17) is 5.73 Å². The molecule has 4 rings (SSSR count). The molecule has 0 saturated carbocycles. The monoisotopic (exact) mass is 328 g/mol. The van der Waals surface area contributed by atoms with Crippen molar-refractivity contribution >= 4 is 27.5 Å². The van der Waals surface area contributed by atoms with Crippen molar-refractivity contribution in [3.63, 3.8) is 0 Å². The van der Waals surface area contributed by atoms with E-state index in [9.17, 15) is 0 Å². The van der Waals surface area contributed by atoms with Gasteiger partial charge in [0.2, 0.25) is 0 Å². The van der Waals surface area contributed by atoms with Gasteiger partial charge < -0.3 is 5.73 Å². The fourth-order valence-electron chi connectivity index (χ4n) is 2.90. The Kier molecular flexibility index (Phi) is 5.63. The van der Waals surface area contributed by atoms with E-state index in [1.165, 1.54) is 24.8 Å². The van der Waals surface area contributed by atoms with Gasteiger partial charge in [0.15, 0.2) is 0 Å². The van der Waals surface area contributed by atoms with Crippen LogP contribution in [0.4, 0.5) is 5.69 Å². The molecule has 0 atom stereocenters. The first-order valence-electron chi connectivity index (χ1n) is 8.86. The molecule has 0 unspecified atom stereocenters. The van der Waals surface area contributed by atoms with Gasteiger partial charge in [-0.3, -0.25) is 0 Å². The predicted octanol–water partition coefficient (Wildman–Crippen LogP) is 6.00. The number of rotatable bonds is 3. The second-order valence-electron chi connectivity index (χ2n) is 6.15. The first-order chi connectivity index (χ1) is 12.3. The minimum Gasteiger partial charge on any atom is -0.398 e. The van der Waals surface area contributed by atoms with Crippen molar-refractivity contribution < 1.29 is 0 Å². The number of para-hydroxylation sites is 2. The summed E-state index contributed by atoms with van der Waals surface area (Å²) in [4.78, 5) is 4.56. The van der Waals surface area contributed by atoms with Crippen LogP contribution in [0.5, 0.6) is 0 Å². The number of unbranched alkanes of at least 4 members (excludes halogenated alkanes) is 1. The van der Waals surface area contributed by atoms with Gasteiger partial charge in [-0.2, -0.15) is 0 Å². The topological polar surface area (TPSA) is 38.9 Å². The lowest BCUT2D eigenvalue weighted by atomic mass is 10.1. The molecule has 2 heteroatoms. The van der Waals surface area contributed by atoms with Gasteiger partial charge in [-0.1, -0.05) is 80.1 Å². The number of aromatic nitrogens is 1. The molecule has 0 aliphatic carbocycles. The summed E-state index contributed by atoms with van der Waals surface area (Å²) in [6.07, 6.45) is 3.83. The van der Waals surface area contributed by atoms with E-state index < -0.39 is 0 Å². The molecular weight excluding hydrogens is 304 g/mol. The smallest absolute Gasteiger partial charge is 0.0730 e. The molecule has 0 aliphatic heterocycles. The molecule has 2 nitrogen and oxygen atoms in total. The third-order valence-electron chi connectivity index (χ3n) is 4.29. The maximum absolute atomic E-state index is 6.11. The van der Waals surface area contributed by atoms with Crippen LogP contribution in [0.3, 0.4) is 0 Å². The molecule has 0 amide bonds. The highest BCUT2D eigenvalue weighted by Crippen LogP contribution is 2.27. The molecule has 0 bridgehead atoms. The molecule has 2 N–H and O–H groups in total. The number of pyridine rings is 1. The van der Waals surface area contributed by atoms with Crippen LogP contribution in [0.15, 0.2) is 78.9 Å². The Hall–Kier alpha value is -2.87. The number of anilines is 1. The minimum atomic E-state index is 0.816. The van der Waals surface area contributed by atoms with Crippen molar-refractivity contribution in [3.8, 4) is 0 Å². The lowest BCUT2D eigenvalue weighted by molar-refractivity contribution is 0.795. The van der Waals surface area contributed by atoms with Gasteiger partial charge in [-0.05, 0) is 30.5 Å². The van der Waals surface area contributed by atoms with Crippen molar-refractivity contribution in [2.24, 2.45) is 0 Å². The van der Waals surface area contributed by atoms with E-state index in [1.54, 1.807) is 0 Å². The van der Waals surface area contributed by atoms with Crippen molar-refractivity contribution in [1.29, 1.82) is 0 Å². The number of nitrogens with two attached hydrogens (primary N) is 1. The second kappa shape index (κ2) is 8.29. The molecule has 1 heterocycles. The van der Waals surface area contributed by atoms with Gasteiger partial charge in [-0.25, -0.2) is 4.98 Å². The fraction of sp³-hybridized carbons (Fsp3) is 0.174. The predicted molar refractivity (Wildman–Crippen MR) is 109 cm³/mol. The van der Waals surface area contributed by atoms with Crippen LogP contribution in [0.1, 0.15) is 25.3 Å². The second-order valence-corrected chi connectivity index (χ2v) is 6.15. The van der Waals surface area contributed by atoms with Crippen LogP contribution in [0.25, 0.3) is 21.8 Å². The Morgan fingerprint density at radius 3 is 1.80 bits per heavy atom. The van der Waals surface area contributed by atoms with E-state index in [-0.39, 0.29) is 0 Å². The Bertz CT molecular complexity index is 892. The van der Waals surface area contributed by atoms with E-state index in [1.807, 2.05) is 48.5 Å². The number of hydrogen-bond acceptors (Lipinski definition) is 2. The van der Waals surface area contributed by atoms with Crippen LogP contribution in [0.2, 0.25) is 0 Å². The number of aryl methyl sites for hydroxylation is 1. The van der Waals surface area contributed by atoms with Crippen molar-refractivity contribution in [2.75, 3.05) is 5.73 Å². The molecule has 126 valence electrons. The summed E-state index contributed by atoms with van der Waals surface area (Å²) in [6, 6.07) is 26.5. The molecule has 0 fully saturated rings. The summed E-state index contributed by atoms with van der Waals surface area (Å²) in [5, 5.41) is 2.05. The summed E-state index contributed by atoms with van der Waals surface area (Å²) >= 11 is 0. The molecule has 0 spiro atoms. The van der Waals surface area contributed by atoms with Crippen molar-refractivity contribution in [3.05, 3.63) is 84.4 Å². The Morgan fingerprint density at radius 1 is 0.720 bits per heavy atom. The number of hydrogen-bond donors (Lipinski definition) is 1. The first-order valence-corrected chi connectivity index (χ1v) is 8.86. The maximum atomic E-state index is 6.11. The van der Waals surface area contributed by atoms with Crippen LogP contribution >= 0.6 is 0 Å². The van der Waals surface area contributed by atoms with Crippen LogP contribution in [0, 0.1) is 0 Å². The Balaban J connectivity index is 0.000000160. The zero-order valence-electron chi connectivity index (χ0n) is 14.7. The van der Waals surface area contributed by atoms with E-state index >= 15 is 0 Å². The van der Waals surface area contributed by atoms with Crippen LogP contribution in [-0.4, -0.2) is 4.98 Å². The quantitative estimate of drug-likeness (QED) is 0.468. The van der Waals surface area contributed by atoms with Gasteiger partial charge in [0.05, 0.1) is 16.7 Å². The summed E-state index contributed by atoms with van der Waals surface area (Å²) in [5.74, 6) is 0. The van der Waals surface area contributed by atoms with Gasteiger partial charge in [0.25, 0.3) is 0 Å². The molecule has 25 heavy (non-hydrogen) atoms. The van der Waals surface area contributed by atoms with Crippen LogP contribution in [-0.2, 0) is 6.42 Å². The summed E-state index contributed by atoms with van der Waals surface area (Å²) in [7, 11) is 0. The zero-order chi connectivity index (χ0) is 17.5. The molecule has 0 radical (unpaired) electrons. The number of nitrogen functional groups attached to an aromatic ring is 1. The van der Waals surface area contributed by atoms with E-state index in [2.05, 4.69) is 42.2 Å². The average molecular weight is 328 g/mol. The lowest BCUT2D eigenvalue weighted by Crippen LogP contribution is -1.91. The van der Waals surface area contributed by atoms with Gasteiger partial charge in [0.1, 0.15) is 0 Å². The van der Waals surface area contributed by atoms with E-state index in [0.29, 0.717) is 0 Å². The SMILES string of the molecule is CCCCc1ccccc1.Nc1c2ccccc2nc2ccccc12. The highest BCUT2D eigenvalue weighted by atomic mass is 14.7.